The second-order valence-electron chi connectivity index (χ2n) is 6.98. The summed E-state index contributed by atoms with van der Waals surface area (Å²) in [5, 5.41) is 2.45. The van der Waals surface area contributed by atoms with E-state index in [-0.39, 0.29) is 35.5 Å². The number of esters is 1. The summed E-state index contributed by atoms with van der Waals surface area (Å²) in [6.07, 6.45) is 4.76. The summed E-state index contributed by atoms with van der Waals surface area (Å²) in [6.45, 7) is -1.06. The van der Waals surface area contributed by atoms with Crippen LogP contribution < -0.4 is 5.32 Å². The van der Waals surface area contributed by atoms with Crippen LogP contribution in [0.5, 0.6) is 0 Å². The van der Waals surface area contributed by atoms with E-state index in [1.54, 1.807) is 0 Å². The van der Waals surface area contributed by atoms with Crippen LogP contribution in [0.2, 0.25) is 0 Å². The molecule has 1 saturated carbocycles. The van der Waals surface area contributed by atoms with Crippen molar-refractivity contribution in [3.63, 3.8) is 0 Å². The summed E-state index contributed by atoms with van der Waals surface area (Å²) < 4.78 is 17.7. The summed E-state index contributed by atoms with van der Waals surface area (Å²) >= 11 is 0. The Bertz CT molecular complexity index is 820. The van der Waals surface area contributed by atoms with E-state index in [1.165, 1.54) is 24.3 Å². The Balaban J connectivity index is 1.28. The van der Waals surface area contributed by atoms with Crippen LogP contribution in [0.25, 0.3) is 0 Å². The molecule has 1 heterocycles. The van der Waals surface area contributed by atoms with Crippen molar-refractivity contribution in [2.24, 2.45) is 23.7 Å². The second-order valence-corrected chi connectivity index (χ2v) is 6.98. The number of carbonyl (C=O) groups is 4. The smallest absolute Gasteiger partial charge is 0.326 e. The van der Waals surface area contributed by atoms with Crippen LogP contribution in [0.15, 0.2) is 36.4 Å². The summed E-state index contributed by atoms with van der Waals surface area (Å²) in [5.74, 6) is -3.15. The number of amides is 3. The van der Waals surface area contributed by atoms with Gasteiger partial charge < -0.3 is 10.1 Å². The van der Waals surface area contributed by atoms with Crippen molar-refractivity contribution in [2.45, 2.75) is 6.42 Å². The Morgan fingerprint density at radius 2 is 1.67 bits per heavy atom. The molecule has 4 atom stereocenters. The molecular formula is C19H17FN2O5. The van der Waals surface area contributed by atoms with Crippen LogP contribution in [-0.2, 0) is 23.9 Å². The maximum Gasteiger partial charge on any atom is 0.326 e. The molecule has 1 saturated heterocycles. The van der Waals surface area contributed by atoms with Crippen molar-refractivity contribution in [1.29, 1.82) is 0 Å². The van der Waals surface area contributed by atoms with Gasteiger partial charge in [-0.3, -0.25) is 24.1 Å². The number of nitrogens with one attached hydrogen (secondary N) is 1. The number of allylic oxidation sites excluding steroid dienone is 2. The fourth-order valence-electron chi connectivity index (χ4n) is 4.17. The standard InChI is InChI=1S/C19H17FN2O5/c20-12-3-5-13(6-4-12)21-14(23)9-27-15(24)8-22-18(25)16-10-1-2-11(7-10)17(16)19(22)26/h1-6,10-11,16-17H,7-9H2,(H,21,23)/t10-,11-,16-,17+/m0/s1. The van der Waals surface area contributed by atoms with Crippen molar-refractivity contribution in [1.82, 2.24) is 4.90 Å². The number of rotatable bonds is 5. The van der Waals surface area contributed by atoms with Crippen molar-refractivity contribution < 1.29 is 28.3 Å². The Morgan fingerprint density at radius 3 is 2.26 bits per heavy atom. The van der Waals surface area contributed by atoms with E-state index < -0.39 is 30.8 Å². The van der Waals surface area contributed by atoms with Gasteiger partial charge in [0.15, 0.2) is 6.61 Å². The average Bonchev–Trinajstić information content (AvgIpc) is 3.32. The predicted octanol–water partition coefficient (Wildman–Crippen LogP) is 1.11. The maximum atomic E-state index is 12.8. The molecule has 8 heteroatoms. The lowest BCUT2D eigenvalue weighted by Gasteiger charge is -2.16. The highest BCUT2D eigenvalue weighted by Gasteiger charge is 2.59. The molecule has 3 aliphatic rings. The molecule has 1 aromatic carbocycles. The third-order valence-corrected chi connectivity index (χ3v) is 5.34. The van der Waals surface area contributed by atoms with Gasteiger partial charge in [0.05, 0.1) is 11.8 Å². The molecule has 0 spiro atoms. The molecule has 140 valence electrons. The first-order valence-corrected chi connectivity index (χ1v) is 8.68. The van der Waals surface area contributed by atoms with Gasteiger partial charge in [0, 0.05) is 5.69 Å². The number of hydrogen-bond acceptors (Lipinski definition) is 5. The highest BCUT2D eigenvalue weighted by atomic mass is 19.1. The Hall–Kier alpha value is -3.03. The Morgan fingerprint density at radius 1 is 1.07 bits per heavy atom. The topological polar surface area (TPSA) is 92.8 Å². The van der Waals surface area contributed by atoms with Gasteiger partial charge in [-0.25, -0.2) is 4.39 Å². The van der Waals surface area contributed by atoms with Crippen molar-refractivity contribution in [3.05, 3.63) is 42.2 Å². The minimum Gasteiger partial charge on any atom is -0.454 e. The zero-order valence-electron chi connectivity index (χ0n) is 14.3. The average molecular weight is 372 g/mol. The highest BCUT2D eigenvalue weighted by Crippen LogP contribution is 2.52. The third kappa shape index (κ3) is 3.11. The summed E-state index contributed by atoms with van der Waals surface area (Å²) in [6, 6.07) is 5.12. The highest BCUT2D eigenvalue weighted by molar-refractivity contribution is 6.08. The number of ether oxygens (including phenoxy) is 1. The van der Waals surface area contributed by atoms with Gasteiger partial charge in [-0.05, 0) is 42.5 Å². The van der Waals surface area contributed by atoms with Gasteiger partial charge in [-0.2, -0.15) is 0 Å². The number of anilines is 1. The fourth-order valence-corrected chi connectivity index (χ4v) is 4.17. The number of carbonyl (C=O) groups excluding carboxylic acids is 4. The van der Waals surface area contributed by atoms with E-state index in [9.17, 15) is 23.6 Å². The number of nitrogens with zero attached hydrogens (tertiary/aromatic N) is 1. The fraction of sp³-hybridized carbons (Fsp3) is 0.368. The molecule has 3 amide bonds. The number of benzene rings is 1. The van der Waals surface area contributed by atoms with Gasteiger partial charge in [0.2, 0.25) is 11.8 Å². The number of imide groups is 1. The van der Waals surface area contributed by atoms with Gasteiger partial charge in [0.25, 0.3) is 5.91 Å². The van der Waals surface area contributed by atoms with Gasteiger partial charge in [-0.15, -0.1) is 0 Å². The molecule has 2 fully saturated rings. The first-order valence-electron chi connectivity index (χ1n) is 8.68. The maximum absolute atomic E-state index is 12.8. The zero-order chi connectivity index (χ0) is 19.1. The molecule has 7 nitrogen and oxygen atoms in total. The molecule has 4 rings (SSSR count). The van der Waals surface area contributed by atoms with Crippen LogP contribution in [0, 0.1) is 29.5 Å². The van der Waals surface area contributed by atoms with Gasteiger partial charge >= 0.3 is 5.97 Å². The number of hydrogen-bond donors (Lipinski definition) is 1. The first-order chi connectivity index (χ1) is 12.9. The zero-order valence-corrected chi connectivity index (χ0v) is 14.3. The van der Waals surface area contributed by atoms with Gasteiger partial charge in [0.1, 0.15) is 12.4 Å². The third-order valence-electron chi connectivity index (χ3n) is 5.34. The van der Waals surface area contributed by atoms with Crippen molar-refractivity contribution in [3.8, 4) is 0 Å². The number of halogens is 1. The minimum absolute atomic E-state index is 0.0685. The number of fused-ring (bicyclic) bond motifs is 5. The SMILES string of the molecule is O=C(COC(=O)CN1C(=O)[C@@H]2[C@H](C1=O)[C@H]1C=C[C@H]2C1)Nc1ccc(F)cc1. The molecule has 1 N–H and O–H groups in total. The van der Waals surface area contributed by atoms with E-state index >= 15 is 0 Å². The largest absolute Gasteiger partial charge is 0.454 e. The first kappa shape index (κ1) is 17.4. The molecule has 2 aliphatic carbocycles. The second kappa shape index (κ2) is 6.61. The van der Waals surface area contributed by atoms with Crippen LogP contribution >= 0.6 is 0 Å². The lowest BCUT2D eigenvalue weighted by Crippen LogP contribution is -2.38. The molecule has 1 aliphatic heterocycles. The predicted molar refractivity (Wildman–Crippen MR) is 90.4 cm³/mol. The lowest BCUT2D eigenvalue weighted by atomic mass is 9.85. The molecule has 27 heavy (non-hydrogen) atoms. The van der Waals surface area contributed by atoms with Crippen LogP contribution in [0.4, 0.5) is 10.1 Å². The van der Waals surface area contributed by atoms with E-state index in [1.807, 2.05) is 12.2 Å². The van der Waals surface area contributed by atoms with Crippen LogP contribution in [0.3, 0.4) is 0 Å². The van der Waals surface area contributed by atoms with E-state index in [4.69, 9.17) is 4.74 Å². The Labute approximate surface area is 154 Å². The van der Waals surface area contributed by atoms with E-state index in [2.05, 4.69) is 5.32 Å². The van der Waals surface area contributed by atoms with Gasteiger partial charge in [-0.1, -0.05) is 12.2 Å². The number of likely N-dealkylation sites (tertiary alicyclic amines) is 1. The minimum atomic E-state index is -0.828. The van der Waals surface area contributed by atoms with Crippen LogP contribution in [0.1, 0.15) is 6.42 Å². The molecule has 0 radical (unpaired) electrons. The monoisotopic (exact) mass is 372 g/mol. The van der Waals surface area contributed by atoms with Crippen molar-refractivity contribution in [2.75, 3.05) is 18.5 Å². The van der Waals surface area contributed by atoms with Crippen molar-refractivity contribution >= 4 is 29.4 Å². The lowest BCUT2D eigenvalue weighted by molar-refractivity contribution is -0.154. The summed E-state index contributed by atoms with van der Waals surface area (Å²) in [4.78, 5) is 49.7. The molecule has 0 unspecified atom stereocenters. The molecule has 0 aromatic heterocycles. The molecule has 2 bridgehead atoms. The molecular weight excluding hydrogens is 355 g/mol. The van der Waals surface area contributed by atoms with Crippen LogP contribution in [-0.4, -0.2) is 41.7 Å². The quantitative estimate of drug-likeness (QED) is 0.475. The molecule has 1 aromatic rings. The normalized spacial score (nSPS) is 27.8. The summed E-state index contributed by atoms with van der Waals surface area (Å²) in [5.41, 5.74) is 0.359. The summed E-state index contributed by atoms with van der Waals surface area (Å²) in [7, 11) is 0. The Kier molecular flexibility index (Phi) is 4.25. The van der Waals surface area contributed by atoms with E-state index in [0.717, 1.165) is 11.3 Å². The van der Waals surface area contributed by atoms with E-state index in [0.29, 0.717) is 5.69 Å².